The lowest BCUT2D eigenvalue weighted by Crippen LogP contribution is -2.62. The third-order valence-corrected chi connectivity index (χ3v) is 7.65. The molecule has 0 unspecified atom stereocenters. The van der Waals surface area contributed by atoms with E-state index in [0.717, 1.165) is 42.6 Å². The first-order valence-electron chi connectivity index (χ1n) is 13.2. The normalized spacial score (nSPS) is 21.9. The number of carbonyl (C=O) groups is 2. The molecule has 2 saturated heterocycles. The van der Waals surface area contributed by atoms with E-state index in [-0.39, 0.29) is 23.7 Å². The average molecular weight is 534 g/mol. The molecule has 0 spiro atoms. The fourth-order valence-corrected chi connectivity index (χ4v) is 5.57. The van der Waals surface area contributed by atoms with Crippen LogP contribution in [0.1, 0.15) is 41.7 Å². The highest BCUT2D eigenvalue weighted by Crippen LogP contribution is 2.32. The lowest BCUT2D eigenvalue weighted by Gasteiger charge is -2.42. The van der Waals surface area contributed by atoms with Crippen LogP contribution in [0.4, 0.5) is 21.9 Å². The van der Waals surface area contributed by atoms with Gasteiger partial charge in [-0.25, -0.2) is 9.78 Å². The van der Waals surface area contributed by atoms with Crippen LogP contribution in [0.2, 0.25) is 0 Å². The molecule has 2 aliphatic rings. The second kappa shape index (κ2) is 11.4. The number of nitrogens with zero attached hydrogens (tertiary/aromatic N) is 3. The molecule has 6 N–H and O–H groups in total. The van der Waals surface area contributed by atoms with Gasteiger partial charge in [0.05, 0.1) is 41.9 Å². The molecule has 39 heavy (non-hydrogen) atoms. The van der Waals surface area contributed by atoms with E-state index in [1.165, 1.54) is 12.7 Å². The number of piperidine rings is 1. The van der Waals surface area contributed by atoms with Crippen molar-refractivity contribution < 1.29 is 19.1 Å². The van der Waals surface area contributed by atoms with Crippen LogP contribution in [-0.2, 0) is 9.47 Å². The zero-order valence-electron chi connectivity index (χ0n) is 22.2. The molecular weight excluding hydrogens is 498 g/mol. The Morgan fingerprint density at radius 3 is 2.69 bits per heavy atom. The van der Waals surface area contributed by atoms with Gasteiger partial charge in [0.25, 0.3) is 5.91 Å². The summed E-state index contributed by atoms with van der Waals surface area (Å²) < 4.78 is 10.2. The first-order chi connectivity index (χ1) is 18.8. The molecule has 0 saturated carbocycles. The van der Waals surface area contributed by atoms with Gasteiger partial charge in [0, 0.05) is 43.9 Å². The summed E-state index contributed by atoms with van der Waals surface area (Å²) in [6.07, 6.45) is 4.70. The second-order valence-corrected chi connectivity index (χ2v) is 10.3. The van der Waals surface area contributed by atoms with Crippen LogP contribution in [-0.4, -0.2) is 67.5 Å². The second-order valence-electron chi connectivity index (χ2n) is 10.3. The topological polar surface area (TPSA) is 158 Å². The number of pyridine rings is 2. The van der Waals surface area contributed by atoms with Crippen molar-refractivity contribution in [3.63, 3.8) is 0 Å². The molecule has 11 heteroatoms. The SMILES string of the molecule is COC(=O)N[C@@H]1[C@H](N)CN(c2ccncc2NC(=O)c2nc3cc(C4CCOCC4)ccc3cc2N)C[C@@H]1C. The van der Waals surface area contributed by atoms with Gasteiger partial charge in [-0.05, 0) is 48.4 Å². The predicted octanol–water partition coefficient (Wildman–Crippen LogP) is 2.87. The highest BCUT2D eigenvalue weighted by Gasteiger charge is 2.34. The van der Waals surface area contributed by atoms with Crippen LogP contribution < -0.4 is 27.0 Å². The molecule has 0 aliphatic carbocycles. The summed E-state index contributed by atoms with van der Waals surface area (Å²) in [4.78, 5) is 36.2. The summed E-state index contributed by atoms with van der Waals surface area (Å²) in [6.45, 7) is 4.60. The third-order valence-electron chi connectivity index (χ3n) is 7.65. The van der Waals surface area contributed by atoms with E-state index in [4.69, 9.17) is 20.9 Å². The molecule has 3 atom stereocenters. The van der Waals surface area contributed by atoms with Crippen molar-refractivity contribution in [1.29, 1.82) is 0 Å². The van der Waals surface area contributed by atoms with Crippen LogP contribution in [0.25, 0.3) is 10.9 Å². The summed E-state index contributed by atoms with van der Waals surface area (Å²) in [5, 5.41) is 6.67. The molecule has 0 radical (unpaired) electrons. The maximum Gasteiger partial charge on any atom is 0.407 e. The lowest BCUT2D eigenvalue weighted by atomic mass is 9.90. The molecule has 5 rings (SSSR count). The number of anilines is 3. The number of benzene rings is 1. The monoisotopic (exact) mass is 533 g/mol. The van der Waals surface area contributed by atoms with Gasteiger partial charge in [-0.15, -0.1) is 0 Å². The summed E-state index contributed by atoms with van der Waals surface area (Å²) in [5.41, 5.74) is 16.4. The number of aromatic nitrogens is 2. The van der Waals surface area contributed by atoms with E-state index < -0.39 is 12.0 Å². The zero-order valence-corrected chi connectivity index (χ0v) is 22.2. The van der Waals surface area contributed by atoms with E-state index in [0.29, 0.717) is 30.4 Å². The summed E-state index contributed by atoms with van der Waals surface area (Å²) in [7, 11) is 1.33. The molecule has 3 aromatic rings. The largest absolute Gasteiger partial charge is 0.453 e. The summed E-state index contributed by atoms with van der Waals surface area (Å²) in [5.74, 6) is 0.0328. The Hall–Kier alpha value is -3.96. The highest BCUT2D eigenvalue weighted by atomic mass is 16.5. The van der Waals surface area contributed by atoms with Gasteiger partial charge < -0.3 is 36.5 Å². The molecule has 4 heterocycles. The molecule has 11 nitrogen and oxygen atoms in total. The van der Waals surface area contributed by atoms with Crippen LogP contribution in [0.5, 0.6) is 0 Å². The van der Waals surface area contributed by atoms with Crippen molar-refractivity contribution in [3.05, 3.63) is 54.0 Å². The molecule has 2 aliphatic heterocycles. The Balaban J connectivity index is 1.36. The van der Waals surface area contributed by atoms with Crippen LogP contribution in [0.15, 0.2) is 42.7 Å². The lowest BCUT2D eigenvalue weighted by molar-refractivity contribution is 0.0853. The number of fused-ring (bicyclic) bond motifs is 1. The van der Waals surface area contributed by atoms with Crippen molar-refractivity contribution in [2.24, 2.45) is 11.7 Å². The number of nitrogens with two attached hydrogens (primary N) is 2. The summed E-state index contributed by atoms with van der Waals surface area (Å²) in [6, 6.07) is 9.21. The first kappa shape index (κ1) is 26.6. The number of nitrogens with one attached hydrogen (secondary N) is 2. The van der Waals surface area contributed by atoms with Gasteiger partial charge >= 0.3 is 6.09 Å². The quantitative estimate of drug-likeness (QED) is 0.387. The molecular formula is C28H35N7O4. The van der Waals surface area contributed by atoms with Gasteiger partial charge in [0.15, 0.2) is 5.69 Å². The Labute approximate surface area is 227 Å². The highest BCUT2D eigenvalue weighted by molar-refractivity contribution is 6.09. The Kier molecular flexibility index (Phi) is 7.80. The fraction of sp³-hybridized carbons (Fsp3) is 0.429. The molecule has 2 amide bonds. The maximum atomic E-state index is 13.4. The van der Waals surface area contributed by atoms with Crippen molar-refractivity contribution >= 4 is 40.0 Å². The van der Waals surface area contributed by atoms with Gasteiger partial charge in [0.1, 0.15) is 0 Å². The molecule has 2 aromatic heterocycles. The summed E-state index contributed by atoms with van der Waals surface area (Å²) >= 11 is 0. The maximum absolute atomic E-state index is 13.4. The number of ether oxygens (including phenoxy) is 2. The minimum atomic E-state index is -0.507. The standard InChI is InChI=1S/C28H35N7O4/c1-16-14-35(15-21(30)25(16)34-28(37)38-2)24-5-8-31-13-23(24)33-27(36)26-20(29)11-19-4-3-18(12-22(19)32-26)17-6-9-39-10-7-17/h3-5,8,11-13,16-17,21,25H,6-7,9-10,14-15,29-30H2,1-2H3,(H,33,36)(H,34,37)/t16-,21+,25-/m0/s1. The van der Waals surface area contributed by atoms with Gasteiger partial charge in [-0.2, -0.15) is 0 Å². The van der Waals surface area contributed by atoms with Crippen LogP contribution in [0, 0.1) is 5.92 Å². The van der Waals surface area contributed by atoms with Gasteiger partial charge in [-0.3, -0.25) is 9.78 Å². The number of alkyl carbamates (subject to hydrolysis) is 1. The van der Waals surface area contributed by atoms with Crippen molar-refractivity contribution in [1.82, 2.24) is 15.3 Å². The number of hydrogen-bond donors (Lipinski definition) is 4. The van der Waals surface area contributed by atoms with Crippen LogP contribution in [0.3, 0.4) is 0 Å². The number of amides is 2. The fourth-order valence-electron chi connectivity index (χ4n) is 5.57. The van der Waals surface area contributed by atoms with Gasteiger partial charge in [-0.1, -0.05) is 19.1 Å². The van der Waals surface area contributed by atoms with E-state index in [1.54, 1.807) is 18.5 Å². The zero-order chi connectivity index (χ0) is 27.5. The smallest absolute Gasteiger partial charge is 0.407 e. The number of hydrogen-bond acceptors (Lipinski definition) is 9. The minimum absolute atomic E-state index is 0.0345. The average Bonchev–Trinajstić information content (AvgIpc) is 2.94. The Morgan fingerprint density at radius 2 is 1.95 bits per heavy atom. The molecule has 0 bridgehead atoms. The number of rotatable bonds is 5. The van der Waals surface area contributed by atoms with Crippen LogP contribution >= 0.6 is 0 Å². The van der Waals surface area contributed by atoms with Crippen molar-refractivity contribution in [2.45, 2.75) is 37.8 Å². The van der Waals surface area contributed by atoms with Crippen molar-refractivity contribution in [2.75, 3.05) is 49.4 Å². The molecule has 1 aromatic carbocycles. The Morgan fingerprint density at radius 1 is 1.15 bits per heavy atom. The Bertz CT molecular complexity index is 1350. The predicted molar refractivity (Wildman–Crippen MR) is 150 cm³/mol. The molecule has 2 fully saturated rings. The van der Waals surface area contributed by atoms with E-state index in [1.807, 2.05) is 25.1 Å². The van der Waals surface area contributed by atoms with E-state index in [9.17, 15) is 9.59 Å². The first-order valence-corrected chi connectivity index (χ1v) is 13.2. The molecule has 206 valence electrons. The van der Waals surface area contributed by atoms with E-state index in [2.05, 4.69) is 31.6 Å². The van der Waals surface area contributed by atoms with E-state index >= 15 is 0 Å². The van der Waals surface area contributed by atoms with Crippen molar-refractivity contribution in [3.8, 4) is 0 Å². The third kappa shape index (κ3) is 5.74. The van der Waals surface area contributed by atoms with Gasteiger partial charge in [0.2, 0.25) is 0 Å². The minimum Gasteiger partial charge on any atom is -0.453 e. The number of nitrogen functional groups attached to an aromatic ring is 1. The number of methoxy groups -OCH3 is 1. The number of carbonyl (C=O) groups excluding carboxylic acids is 2.